The Hall–Kier alpha value is -1.30. The molecule has 35 heavy (non-hydrogen) atoms. The lowest BCUT2D eigenvalue weighted by Crippen LogP contribution is -2.83. The first-order chi connectivity index (χ1) is 16.6. The number of phenols is 1. The number of likely N-dealkylation sites (tertiary alicyclic amines) is 1. The van der Waals surface area contributed by atoms with Gasteiger partial charge >= 0.3 is 0 Å². The first kappa shape index (κ1) is 22.9. The molecule has 5 aliphatic carbocycles. The third-order valence-electron chi connectivity index (χ3n) is 12.1. The van der Waals surface area contributed by atoms with Gasteiger partial charge in [-0.2, -0.15) is 0 Å². The summed E-state index contributed by atoms with van der Waals surface area (Å²) in [6.45, 7) is 11.0. The number of hydrogen-bond donors (Lipinski definition) is 2. The van der Waals surface area contributed by atoms with E-state index in [0.29, 0.717) is 18.2 Å². The molecule has 5 fully saturated rings. The molecule has 2 aliphatic heterocycles. The fourth-order valence-electron chi connectivity index (χ4n) is 10.3. The molecule has 7 atom stereocenters. The smallest absolute Gasteiger partial charge is 0.165 e. The molecule has 0 aromatic heterocycles. The molecule has 1 aromatic rings. The summed E-state index contributed by atoms with van der Waals surface area (Å²) in [5.74, 6) is 1.82. The van der Waals surface area contributed by atoms with Gasteiger partial charge in [0.15, 0.2) is 11.5 Å². The molecular weight excluding hydrogens is 438 g/mol. The molecule has 5 heteroatoms. The quantitative estimate of drug-likeness (QED) is 0.632. The highest BCUT2D eigenvalue weighted by molar-refractivity contribution is 5.63. The van der Waals surface area contributed by atoms with E-state index in [9.17, 15) is 10.2 Å². The van der Waals surface area contributed by atoms with Crippen molar-refractivity contribution in [1.29, 1.82) is 0 Å². The van der Waals surface area contributed by atoms with Gasteiger partial charge in [0, 0.05) is 42.0 Å². The lowest BCUT2D eigenvalue weighted by atomic mass is 9.33. The fourth-order valence-corrected chi connectivity index (χ4v) is 10.3. The Morgan fingerprint density at radius 3 is 2.60 bits per heavy atom. The number of rotatable bonds is 5. The van der Waals surface area contributed by atoms with Crippen LogP contribution in [0.25, 0.3) is 0 Å². The molecule has 4 bridgehead atoms. The van der Waals surface area contributed by atoms with E-state index in [1.807, 2.05) is 13.2 Å². The Morgan fingerprint density at radius 1 is 1.17 bits per heavy atom. The molecule has 2 N–H and O–H groups in total. The number of aromatic hydroxyl groups is 1. The summed E-state index contributed by atoms with van der Waals surface area (Å²) in [4.78, 5) is 2.83. The van der Waals surface area contributed by atoms with Gasteiger partial charge in [-0.3, -0.25) is 4.90 Å². The monoisotopic (exact) mass is 481 g/mol. The molecule has 192 valence electrons. The lowest BCUT2D eigenvalue weighted by molar-refractivity contribution is -0.315. The SMILES string of the molecule is CCC(O)([C@H]1C[C@@]23CC[C@]1(OC)[C@@H]1Oc4c(O)ccc5c4[C@@]12CCN(CC1CC1)[C@@H]3C5)C(C)(C)C. The first-order valence-corrected chi connectivity index (χ1v) is 14.1. The van der Waals surface area contributed by atoms with E-state index in [1.165, 1.54) is 30.5 Å². The van der Waals surface area contributed by atoms with Gasteiger partial charge in [0.25, 0.3) is 0 Å². The molecule has 7 aliphatic rings. The predicted molar refractivity (Wildman–Crippen MR) is 135 cm³/mol. The van der Waals surface area contributed by atoms with Crippen molar-refractivity contribution in [3.63, 3.8) is 0 Å². The minimum absolute atomic E-state index is 0.0155. The number of methoxy groups -OCH3 is 1. The number of benzene rings is 1. The van der Waals surface area contributed by atoms with E-state index in [1.54, 1.807) is 0 Å². The summed E-state index contributed by atoms with van der Waals surface area (Å²) < 4.78 is 13.6. The Labute approximate surface area is 210 Å². The van der Waals surface area contributed by atoms with Gasteiger partial charge in [-0.15, -0.1) is 0 Å². The highest BCUT2D eigenvalue weighted by atomic mass is 16.6. The molecule has 1 aromatic carbocycles. The van der Waals surface area contributed by atoms with Crippen molar-refractivity contribution in [3.8, 4) is 11.5 Å². The molecular formula is C30H43NO4. The van der Waals surface area contributed by atoms with Crippen LogP contribution in [0.2, 0.25) is 0 Å². The van der Waals surface area contributed by atoms with Gasteiger partial charge in [0.2, 0.25) is 0 Å². The van der Waals surface area contributed by atoms with Crippen LogP contribution in [-0.2, 0) is 16.6 Å². The van der Waals surface area contributed by atoms with Crippen molar-refractivity contribution in [1.82, 2.24) is 4.90 Å². The topological polar surface area (TPSA) is 62.2 Å². The summed E-state index contributed by atoms with van der Waals surface area (Å²) in [5.41, 5.74) is 0.841. The molecule has 4 saturated carbocycles. The third kappa shape index (κ3) is 2.43. The zero-order valence-electron chi connectivity index (χ0n) is 22.2. The van der Waals surface area contributed by atoms with Crippen LogP contribution in [0.5, 0.6) is 11.5 Å². The number of nitrogens with zero attached hydrogens (tertiary/aromatic N) is 1. The number of piperidine rings is 1. The second-order valence-electron chi connectivity index (χ2n) is 13.9. The predicted octanol–water partition coefficient (Wildman–Crippen LogP) is 4.80. The zero-order chi connectivity index (χ0) is 24.6. The fraction of sp³-hybridized carbons (Fsp3) is 0.800. The number of hydrogen-bond acceptors (Lipinski definition) is 5. The van der Waals surface area contributed by atoms with Gasteiger partial charge < -0.3 is 19.7 Å². The van der Waals surface area contributed by atoms with E-state index in [2.05, 4.69) is 38.7 Å². The number of aliphatic hydroxyl groups is 1. The van der Waals surface area contributed by atoms with E-state index < -0.39 is 11.2 Å². The first-order valence-electron chi connectivity index (χ1n) is 14.1. The van der Waals surface area contributed by atoms with E-state index in [-0.39, 0.29) is 34.0 Å². The summed E-state index contributed by atoms with van der Waals surface area (Å²) in [7, 11) is 1.84. The van der Waals surface area contributed by atoms with Crippen LogP contribution in [0.15, 0.2) is 12.1 Å². The molecule has 1 unspecified atom stereocenters. The van der Waals surface area contributed by atoms with Crippen LogP contribution < -0.4 is 4.74 Å². The Balaban J connectivity index is 1.48. The lowest BCUT2D eigenvalue weighted by Gasteiger charge is -2.75. The van der Waals surface area contributed by atoms with Crippen molar-refractivity contribution in [3.05, 3.63) is 23.3 Å². The molecule has 5 nitrogen and oxygen atoms in total. The molecule has 8 rings (SSSR count). The van der Waals surface area contributed by atoms with Crippen LogP contribution in [0.3, 0.4) is 0 Å². The molecule has 2 heterocycles. The zero-order valence-corrected chi connectivity index (χ0v) is 22.2. The van der Waals surface area contributed by atoms with Crippen LogP contribution in [0.4, 0.5) is 0 Å². The highest BCUT2D eigenvalue weighted by Gasteiger charge is 2.82. The van der Waals surface area contributed by atoms with Gasteiger partial charge in [-0.1, -0.05) is 33.8 Å². The summed E-state index contributed by atoms with van der Waals surface area (Å²) in [6.07, 6.45) is 8.36. The number of fused-ring (bicyclic) bond motifs is 2. The average Bonchev–Trinajstić information content (AvgIpc) is 3.57. The Kier molecular flexibility index (Phi) is 4.42. The molecule has 2 spiro atoms. The van der Waals surface area contributed by atoms with Crippen LogP contribution in [0.1, 0.15) is 83.8 Å². The van der Waals surface area contributed by atoms with Crippen molar-refractivity contribution in [2.45, 2.75) is 108 Å². The van der Waals surface area contributed by atoms with Crippen molar-refractivity contribution >= 4 is 0 Å². The summed E-state index contributed by atoms with van der Waals surface area (Å²) >= 11 is 0. The number of ether oxygens (including phenoxy) is 2. The van der Waals surface area contributed by atoms with Crippen molar-refractivity contribution < 1.29 is 19.7 Å². The Morgan fingerprint density at radius 2 is 1.94 bits per heavy atom. The van der Waals surface area contributed by atoms with E-state index in [0.717, 1.165) is 44.6 Å². The van der Waals surface area contributed by atoms with Gasteiger partial charge in [-0.05, 0) is 80.9 Å². The van der Waals surface area contributed by atoms with Crippen molar-refractivity contribution in [2.24, 2.45) is 22.7 Å². The second kappa shape index (κ2) is 6.76. The maximum absolute atomic E-state index is 12.5. The standard InChI is InChI=1S/C30H43NO4/c1-6-30(33,26(2,3)4)21-16-27-11-12-29(21,34-5)25-28(27)13-14-31(17-18-7-8-18)22(27)15-19-9-10-20(32)24(35-25)23(19)28/h9-10,18,21-22,25,32-33H,6-8,11-17H2,1-5H3/t21-,22+,25+,27+,28-,29+,30?/m0/s1. The molecule has 1 saturated heterocycles. The number of phenolic OH excluding ortho intramolecular Hbond substituents is 1. The maximum atomic E-state index is 12.5. The summed E-state index contributed by atoms with van der Waals surface area (Å²) in [5, 5.41) is 23.5. The van der Waals surface area contributed by atoms with Crippen LogP contribution in [-0.4, -0.2) is 58.7 Å². The van der Waals surface area contributed by atoms with E-state index in [4.69, 9.17) is 9.47 Å². The van der Waals surface area contributed by atoms with Gasteiger partial charge in [-0.25, -0.2) is 0 Å². The molecule has 0 amide bonds. The highest BCUT2D eigenvalue weighted by Crippen LogP contribution is 2.78. The van der Waals surface area contributed by atoms with Crippen LogP contribution >= 0.6 is 0 Å². The maximum Gasteiger partial charge on any atom is 0.165 e. The second-order valence-corrected chi connectivity index (χ2v) is 13.9. The normalized spacial score (nSPS) is 43.0. The minimum Gasteiger partial charge on any atom is -0.504 e. The Bertz CT molecular complexity index is 1080. The summed E-state index contributed by atoms with van der Waals surface area (Å²) in [6, 6.07) is 4.47. The molecule has 0 radical (unpaired) electrons. The van der Waals surface area contributed by atoms with E-state index >= 15 is 0 Å². The van der Waals surface area contributed by atoms with Gasteiger partial charge in [0.05, 0.1) is 5.60 Å². The van der Waals surface area contributed by atoms with Crippen molar-refractivity contribution in [2.75, 3.05) is 20.2 Å². The third-order valence-corrected chi connectivity index (χ3v) is 12.1. The van der Waals surface area contributed by atoms with Crippen LogP contribution in [0, 0.1) is 22.7 Å². The average molecular weight is 482 g/mol. The largest absolute Gasteiger partial charge is 0.504 e. The van der Waals surface area contributed by atoms with Gasteiger partial charge in [0.1, 0.15) is 11.7 Å². The minimum atomic E-state index is -0.867.